The van der Waals surface area contributed by atoms with E-state index in [4.69, 9.17) is 10.5 Å². The van der Waals surface area contributed by atoms with Gasteiger partial charge in [-0.3, -0.25) is 9.36 Å². The number of rotatable bonds is 4. The average Bonchev–Trinajstić information content (AvgIpc) is 3.10. The molecule has 2 aromatic carbocycles. The summed E-state index contributed by atoms with van der Waals surface area (Å²) in [7, 11) is 0. The van der Waals surface area contributed by atoms with Crippen LogP contribution in [0, 0.1) is 11.3 Å². The Hall–Kier alpha value is -2.93. The Kier molecular flexibility index (Phi) is 6.70. The van der Waals surface area contributed by atoms with Crippen LogP contribution in [0.3, 0.4) is 0 Å². The highest BCUT2D eigenvalue weighted by molar-refractivity contribution is 9.10. The number of thiazole rings is 1. The van der Waals surface area contributed by atoms with Crippen molar-refractivity contribution in [3.63, 3.8) is 0 Å². The molecule has 1 aliphatic heterocycles. The third-order valence-corrected chi connectivity index (χ3v) is 7.19. The number of nitrogens with two attached hydrogens (primary N) is 1. The van der Waals surface area contributed by atoms with Crippen LogP contribution in [0.25, 0.3) is 17.5 Å². The Labute approximate surface area is 210 Å². The van der Waals surface area contributed by atoms with Crippen molar-refractivity contribution in [2.45, 2.75) is 12.8 Å². The van der Waals surface area contributed by atoms with Crippen LogP contribution in [-0.4, -0.2) is 17.1 Å². The standard InChI is InChI=1S/C24H17Br2N3O3S/c1-2-32-24(31)20-19(14-6-4-8-16(26)11-14)17(12-27)23-29(21(20)28)22(30)18(33-23)10-13-5-3-7-15(25)9-13/h3-11,19H,2,28H2,1H3. The minimum atomic E-state index is -0.761. The molecule has 0 bridgehead atoms. The molecule has 9 heteroatoms. The molecule has 1 aliphatic rings. The molecule has 0 radical (unpaired) electrons. The van der Waals surface area contributed by atoms with Crippen molar-refractivity contribution >= 4 is 66.6 Å². The lowest BCUT2D eigenvalue weighted by atomic mass is 9.84. The minimum absolute atomic E-state index is 0.0254. The Morgan fingerprint density at radius 2 is 1.94 bits per heavy atom. The summed E-state index contributed by atoms with van der Waals surface area (Å²) in [6.45, 7) is 1.82. The van der Waals surface area contributed by atoms with Crippen molar-refractivity contribution in [3.8, 4) is 6.07 Å². The third-order valence-electron chi connectivity index (χ3n) is 5.09. The maximum Gasteiger partial charge on any atom is 0.338 e. The highest BCUT2D eigenvalue weighted by Crippen LogP contribution is 2.37. The molecule has 0 amide bonds. The van der Waals surface area contributed by atoms with Gasteiger partial charge in [-0.2, -0.15) is 5.26 Å². The summed E-state index contributed by atoms with van der Waals surface area (Å²) >= 11 is 8.05. The number of ether oxygens (including phenoxy) is 1. The van der Waals surface area contributed by atoms with Gasteiger partial charge in [-0.1, -0.05) is 56.1 Å². The monoisotopic (exact) mass is 585 g/mol. The summed E-state index contributed by atoms with van der Waals surface area (Å²) in [5.74, 6) is -1.44. The zero-order valence-corrected chi connectivity index (χ0v) is 21.3. The van der Waals surface area contributed by atoms with Crippen LogP contribution < -0.4 is 20.5 Å². The molecule has 33 heavy (non-hydrogen) atoms. The molecular formula is C24H17Br2N3O3S. The molecule has 6 nitrogen and oxygen atoms in total. The van der Waals surface area contributed by atoms with Gasteiger partial charge in [0.05, 0.1) is 34.3 Å². The number of carbonyl (C=O) groups excluding carboxylic acids is 1. The van der Waals surface area contributed by atoms with Gasteiger partial charge >= 0.3 is 5.97 Å². The number of benzene rings is 2. The molecule has 0 spiro atoms. The van der Waals surface area contributed by atoms with Crippen molar-refractivity contribution < 1.29 is 9.53 Å². The number of fused-ring (bicyclic) bond motifs is 1. The summed E-state index contributed by atoms with van der Waals surface area (Å²) in [5, 5.41) is 10.1. The van der Waals surface area contributed by atoms with Gasteiger partial charge in [0.1, 0.15) is 10.5 Å². The van der Waals surface area contributed by atoms with E-state index in [-0.39, 0.29) is 23.6 Å². The molecule has 166 valence electrons. The van der Waals surface area contributed by atoms with Crippen LogP contribution in [0.15, 0.2) is 67.8 Å². The Bertz CT molecular complexity index is 1530. The van der Waals surface area contributed by atoms with Crippen molar-refractivity contribution in [1.82, 2.24) is 4.57 Å². The summed E-state index contributed by atoms with van der Waals surface area (Å²) < 4.78 is 8.97. The third kappa shape index (κ3) is 4.34. The maximum absolute atomic E-state index is 13.3. The number of nitrogens with zero attached hydrogens (tertiary/aromatic N) is 2. The van der Waals surface area contributed by atoms with Gasteiger partial charge in [0.15, 0.2) is 0 Å². The first-order valence-corrected chi connectivity index (χ1v) is 12.3. The number of aromatic nitrogens is 1. The molecule has 2 heterocycles. The highest BCUT2D eigenvalue weighted by Gasteiger charge is 2.36. The minimum Gasteiger partial charge on any atom is -0.463 e. The van der Waals surface area contributed by atoms with E-state index >= 15 is 0 Å². The van der Waals surface area contributed by atoms with Gasteiger partial charge in [-0.25, -0.2) is 4.79 Å². The molecule has 0 saturated heterocycles. The second kappa shape index (κ2) is 9.51. The number of carbonyl (C=O) groups is 1. The zero-order chi connectivity index (χ0) is 23.7. The molecule has 3 aromatic rings. The molecule has 2 N–H and O–H groups in total. The largest absolute Gasteiger partial charge is 0.463 e. The number of hydrogen-bond acceptors (Lipinski definition) is 6. The van der Waals surface area contributed by atoms with Crippen LogP contribution in [-0.2, 0) is 9.53 Å². The molecule has 0 saturated carbocycles. The van der Waals surface area contributed by atoms with Crippen LogP contribution in [0.1, 0.15) is 24.0 Å². The number of nitriles is 1. The first kappa shape index (κ1) is 23.2. The van der Waals surface area contributed by atoms with Crippen molar-refractivity contribution in [3.05, 3.63) is 93.7 Å². The van der Waals surface area contributed by atoms with Crippen LogP contribution in [0.5, 0.6) is 0 Å². The van der Waals surface area contributed by atoms with Gasteiger partial charge in [0.2, 0.25) is 0 Å². The number of esters is 1. The topological polar surface area (TPSA) is 98.1 Å². The predicted molar refractivity (Wildman–Crippen MR) is 135 cm³/mol. The molecular weight excluding hydrogens is 570 g/mol. The fourth-order valence-corrected chi connectivity index (χ4v) is 5.69. The molecule has 1 unspecified atom stereocenters. The van der Waals surface area contributed by atoms with E-state index in [0.717, 1.165) is 14.5 Å². The van der Waals surface area contributed by atoms with Crippen LogP contribution in [0.2, 0.25) is 0 Å². The lowest BCUT2D eigenvalue weighted by molar-refractivity contribution is -0.138. The quantitative estimate of drug-likeness (QED) is 0.472. The summed E-state index contributed by atoms with van der Waals surface area (Å²) in [5.41, 5.74) is 7.88. The highest BCUT2D eigenvalue weighted by atomic mass is 79.9. The Morgan fingerprint density at radius 1 is 1.24 bits per heavy atom. The van der Waals surface area contributed by atoms with Gasteiger partial charge in [-0.15, -0.1) is 11.3 Å². The fourth-order valence-electron chi connectivity index (χ4n) is 3.73. The van der Waals surface area contributed by atoms with E-state index in [2.05, 4.69) is 37.9 Å². The van der Waals surface area contributed by atoms with E-state index < -0.39 is 17.4 Å². The maximum atomic E-state index is 13.3. The van der Waals surface area contributed by atoms with Crippen LogP contribution in [0.4, 0.5) is 0 Å². The predicted octanol–water partition coefficient (Wildman–Crippen LogP) is 3.43. The Balaban J connectivity index is 2.08. The zero-order valence-electron chi connectivity index (χ0n) is 17.3. The second-order valence-electron chi connectivity index (χ2n) is 7.14. The van der Waals surface area contributed by atoms with Gasteiger partial charge in [-0.05, 0) is 48.4 Å². The first-order valence-electron chi connectivity index (χ1n) is 9.91. The molecule has 1 aromatic heterocycles. The summed E-state index contributed by atoms with van der Waals surface area (Å²) in [6, 6.07) is 17.0. The number of hydrogen-bond donors (Lipinski definition) is 1. The normalized spacial score (nSPS) is 15.9. The smallest absolute Gasteiger partial charge is 0.338 e. The average molecular weight is 587 g/mol. The fraction of sp³-hybridized carbons (Fsp3) is 0.125. The van der Waals surface area contributed by atoms with Crippen molar-refractivity contribution in [2.75, 3.05) is 6.61 Å². The second-order valence-corrected chi connectivity index (χ2v) is 10.0. The van der Waals surface area contributed by atoms with Gasteiger partial charge < -0.3 is 10.5 Å². The summed E-state index contributed by atoms with van der Waals surface area (Å²) in [6.07, 6.45) is 1.74. The van der Waals surface area contributed by atoms with Crippen LogP contribution >= 0.6 is 43.2 Å². The first-order chi connectivity index (χ1) is 15.8. The lowest BCUT2D eigenvalue weighted by Crippen LogP contribution is -2.40. The van der Waals surface area contributed by atoms with E-state index in [9.17, 15) is 14.9 Å². The number of halogens is 2. The van der Waals surface area contributed by atoms with Crippen molar-refractivity contribution in [1.29, 1.82) is 5.26 Å². The SMILES string of the molecule is CCOC(=O)C1=C(N)n2c(sc(=Cc3cccc(Br)c3)c2=O)=C(C#N)C1c1cccc(Br)c1. The molecule has 1 atom stereocenters. The summed E-state index contributed by atoms with van der Waals surface area (Å²) in [4.78, 5) is 26.3. The lowest BCUT2D eigenvalue weighted by Gasteiger charge is -2.25. The Morgan fingerprint density at radius 3 is 2.58 bits per heavy atom. The van der Waals surface area contributed by atoms with Crippen molar-refractivity contribution in [2.24, 2.45) is 5.73 Å². The molecule has 0 aliphatic carbocycles. The van der Waals surface area contributed by atoms with Gasteiger partial charge in [0.25, 0.3) is 5.56 Å². The molecule has 4 rings (SSSR count). The van der Waals surface area contributed by atoms with Gasteiger partial charge in [0, 0.05) is 8.95 Å². The van der Waals surface area contributed by atoms with E-state index in [0.29, 0.717) is 14.8 Å². The molecule has 0 fully saturated rings. The van der Waals surface area contributed by atoms with E-state index in [1.807, 2.05) is 48.5 Å². The van der Waals surface area contributed by atoms with E-state index in [1.54, 1.807) is 13.0 Å². The van der Waals surface area contributed by atoms with E-state index in [1.165, 1.54) is 15.9 Å².